The highest BCUT2D eigenvalue weighted by Gasteiger charge is 2.64. The Morgan fingerprint density at radius 1 is 1.30 bits per heavy atom. The molecule has 2 saturated heterocycles. The largest absolute Gasteiger partial charge is 0.495 e. The van der Waals surface area contributed by atoms with E-state index in [0.717, 1.165) is 11.1 Å². The van der Waals surface area contributed by atoms with Gasteiger partial charge in [-0.05, 0) is 44.9 Å². The van der Waals surface area contributed by atoms with E-state index in [1.807, 2.05) is 19.9 Å². The molecule has 13 nitrogen and oxygen atoms in total. The van der Waals surface area contributed by atoms with Gasteiger partial charge >= 0.3 is 12.1 Å². The van der Waals surface area contributed by atoms with Gasteiger partial charge in [0, 0.05) is 33.5 Å². The van der Waals surface area contributed by atoms with Crippen LogP contribution in [0.5, 0.6) is 5.75 Å². The summed E-state index contributed by atoms with van der Waals surface area (Å²) in [5.74, 6) is 4.69. The van der Waals surface area contributed by atoms with Crippen LogP contribution in [0.3, 0.4) is 0 Å². The molecule has 0 saturated carbocycles. The van der Waals surface area contributed by atoms with Crippen molar-refractivity contribution in [1.82, 2.24) is 10.3 Å². The molecular weight excluding hydrogens is 620 g/mol. The number of esters is 1. The molecule has 2 fully saturated rings. The summed E-state index contributed by atoms with van der Waals surface area (Å²) in [5, 5.41) is 15.6. The van der Waals surface area contributed by atoms with Crippen LogP contribution in [0.2, 0.25) is 5.02 Å². The molecule has 0 radical (unpaired) electrons. The Morgan fingerprint density at radius 2 is 2.00 bits per heavy atom. The highest BCUT2D eigenvalue weighted by atomic mass is 35.5. The van der Waals surface area contributed by atoms with Gasteiger partial charge in [-0.1, -0.05) is 42.3 Å². The van der Waals surface area contributed by atoms with Gasteiger partial charge in [-0.3, -0.25) is 20.7 Å². The second kappa shape index (κ2) is 13.9. The minimum Gasteiger partial charge on any atom is -0.495 e. The fourth-order valence-electron chi connectivity index (χ4n) is 6.01. The van der Waals surface area contributed by atoms with Gasteiger partial charge in [-0.2, -0.15) is 0 Å². The number of ether oxygens (including phenoxy) is 5. The minimum atomic E-state index is -1.79. The topological polar surface area (TPSA) is 165 Å². The monoisotopic (exact) mass is 664 g/mol. The number of nitrogens with one attached hydrogen (secondary N) is 1. The van der Waals surface area contributed by atoms with Crippen molar-refractivity contribution in [3.8, 4) is 5.75 Å². The van der Waals surface area contributed by atoms with Crippen molar-refractivity contribution in [3.05, 3.63) is 46.5 Å². The Hall–Kier alpha value is -3.20. The summed E-state index contributed by atoms with van der Waals surface area (Å²) in [4.78, 5) is 41.1. The number of epoxide rings is 1. The first-order chi connectivity index (χ1) is 21.5. The van der Waals surface area contributed by atoms with E-state index in [4.69, 9.17) is 41.1 Å². The number of nitrogens with two attached hydrogens (primary N) is 1. The first-order valence-corrected chi connectivity index (χ1v) is 15.5. The number of benzene rings is 1. The van der Waals surface area contributed by atoms with E-state index in [1.54, 1.807) is 45.2 Å². The van der Waals surface area contributed by atoms with E-state index >= 15 is 0 Å². The molecule has 46 heavy (non-hydrogen) atoms. The number of hydrogen-bond acceptors (Lipinski definition) is 11. The Morgan fingerprint density at radius 3 is 2.63 bits per heavy atom. The predicted molar refractivity (Wildman–Crippen MR) is 170 cm³/mol. The number of nitrogens with zero attached hydrogens (tertiary/aromatic N) is 2. The van der Waals surface area contributed by atoms with Gasteiger partial charge in [0.25, 0.3) is 0 Å². The minimum absolute atomic E-state index is 0.0212. The van der Waals surface area contributed by atoms with Crippen LogP contribution in [0, 0.1) is 5.92 Å². The number of allylic oxidation sites excluding steroid dienone is 3. The van der Waals surface area contributed by atoms with E-state index in [-0.39, 0.29) is 17.9 Å². The first-order valence-electron chi connectivity index (χ1n) is 15.1. The third kappa shape index (κ3) is 7.35. The van der Waals surface area contributed by atoms with Gasteiger partial charge in [-0.15, -0.1) is 0 Å². The van der Waals surface area contributed by atoms with Crippen LogP contribution in [-0.4, -0.2) is 98.2 Å². The molecule has 0 aromatic heterocycles. The van der Waals surface area contributed by atoms with Crippen molar-refractivity contribution in [2.24, 2.45) is 11.8 Å². The zero-order valence-corrected chi connectivity index (χ0v) is 28.3. The van der Waals surface area contributed by atoms with Gasteiger partial charge < -0.3 is 33.7 Å². The quantitative estimate of drug-likeness (QED) is 0.183. The molecule has 2 amide bonds. The number of carbonyl (C=O) groups is 3. The van der Waals surface area contributed by atoms with Crippen LogP contribution in [0.1, 0.15) is 46.1 Å². The SMILES string of the molecule is COc1cc2cc(c1Cl)N(C)C(=O)C[C@H](OC(=O)[C@H](C)N(C)N)[C@]1(C)O[C@H]1[C@H](C)[C@@H]1C[C@@](O)(NC(=O)O1)[C@H](OC)/C=C/C=C(\C)C2. The lowest BCUT2D eigenvalue weighted by atomic mass is 9.83. The van der Waals surface area contributed by atoms with Gasteiger partial charge in [0.1, 0.15) is 40.7 Å². The lowest BCUT2D eigenvalue weighted by Crippen LogP contribution is -2.63. The fourth-order valence-corrected chi connectivity index (χ4v) is 6.32. The predicted octanol–water partition coefficient (Wildman–Crippen LogP) is 2.86. The van der Waals surface area contributed by atoms with Crippen molar-refractivity contribution in [3.63, 3.8) is 0 Å². The second-order valence-corrected chi connectivity index (χ2v) is 12.9. The molecule has 3 aliphatic heterocycles. The summed E-state index contributed by atoms with van der Waals surface area (Å²) in [7, 11) is 6.06. The molecule has 14 heteroatoms. The second-order valence-electron chi connectivity index (χ2n) is 12.6. The fraction of sp³-hybridized carbons (Fsp3) is 0.594. The van der Waals surface area contributed by atoms with E-state index in [9.17, 15) is 19.5 Å². The van der Waals surface area contributed by atoms with Gasteiger partial charge in [0.05, 0.1) is 25.3 Å². The number of rotatable bonds is 5. The first kappa shape index (κ1) is 35.7. The molecule has 1 aromatic carbocycles. The number of anilines is 1. The average molecular weight is 665 g/mol. The molecule has 0 unspecified atom stereocenters. The van der Waals surface area contributed by atoms with Crippen molar-refractivity contribution in [2.45, 2.75) is 88.7 Å². The number of fused-ring (bicyclic) bond motifs is 5. The number of methoxy groups -OCH3 is 2. The number of alkyl carbamates (subject to hydrolysis) is 1. The maximum Gasteiger partial charge on any atom is 0.409 e. The summed E-state index contributed by atoms with van der Waals surface area (Å²) in [5.41, 5.74) is -0.741. The zero-order chi connectivity index (χ0) is 34.1. The Kier molecular flexibility index (Phi) is 10.8. The molecule has 1 aromatic rings. The van der Waals surface area contributed by atoms with Crippen molar-refractivity contribution in [2.75, 3.05) is 33.2 Å². The molecule has 0 spiro atoms. The van der Waals surface area contributed by atoms with Crippen molar-refractivity contribution >= 4 is 35.3 Å². The number of hydrogen-bond donors (Lipinski definition) is 3. The van der Waals surface area contributed by atoms with Crippen LogP contribution in [0.15, 0.2) is 35.9 Å². The van der Waals surface area contributed by atoms with E-state index in [2.05, 4.69) is 5.32 Å². The van der Waals surface area contributed by atoms with E-state index in [1.165, 1.54) is 31.2 Å². The highest BCUT2D eigenvalue weighted by molar-refractivity contribution is 6.35. The zero-order valence-electron chi connectivity index (χ0n) is 27.5. The molecule has 4 N–H and O–H groups in total. The van der Waals surface area contributed by atoms with E-state index < -0.39 is 65.7 Å². The average Bonchev–Trinajstić information content (AvgIpc) is 3.69. The number of amides is 2. The van der Waals surface area contributed by atoms with Gasteiger partial charge in [0.2, 0.25) is 5.91 Å². The third-order valence-corrected chi connectivity index (χ3v) is 9.54. The normalized spacial score (nSPS) is 34.4. The standard InChI is InChI=1S/C32H45ClN4O9/c1-17-10-9-11-24(43-8)32(41)16-23(44-30(40)35-32)18(2)28-31(4,46-28)25(45-29(39)19(3)37(6)34)15-26(38)36(5)21-13-20(12-17)14-22(42-7)27(21)33/h9-11,13-14,18-19,23-25,28,41H,12,15-16,34H2,1-8H3,(H,35,40)/b11-9+,17-10+/t18-,19+,23+,24-,25+,28+,31+,32+/m1/s1. The summed E-state index contributed by atoms with van der Waals surface area (Å²) in [6.45, 7) is 7.06. The molecule has 0 aliphatic carbocycles. The smallest absolute Gasteiger partial charge is 0.409 e. The molecule has 4 rings (SSSR count). The lowest BCUT2D eigenvalue weighted by molar-refractivity contribution is -0.159. The van der Waals surface area contributed by atoms with Crippen LogP contribution in [0.4, 0.5) is 10.5 Å². The molecular formula is C32H45ClN4O9. The molecule has 8 atom stereocenters. The number of likely N-dealkylation sites (N-methyl/N-ethyl adjacent to an activating group) is 1. The third-order valence-electron chi connectivity index (χ3n) is 9.16. The van der Waals surface area contributed by atoms with Crippen LogP contribution >= 0.6 is 11.6 Å². The molecule has 3 heterocycles. The Balaban J connectivity index is 1.80. The number of halogens is 1. The van der Waals surface area contributed by atoms with Crippen molar-refractivity contribution in [1.29, 1.82) is 0 Å². The van der Waals surface area contributed by atoms with Crippen LogP contribution in [-0.2, 0) is 35.0 Å². The van der Waals surface area contributed by atoms with Gasteiger partial charge in [0.15, 0.2) is 5.72 Å². The van der Waals surface area contributed by atoms with Crippen molar-refractivity contribution < 1.29 is 43.2 Å². The molecule has 4 bridgehead atoms. The summed E-state index contributed by atoms with van der Waals surface area (Å²) in [6, 6.07) is 2.79. The maximum atomic E-state index is 13.9. The number of hydrazine groups is 1. The number of carbonyl (C=O) groups excluding carboxylic acids is 3. The summed E-state index contributed by atoms with van der Waals surface area (Å²) < 4.78 is 28.9. The summed E-state index contributed by atoms with van der Waals surface area (Å²) >= 11 is 6.70. The van der Waals surface area contributed by atoms with Gasteiger partial charge in [-0.25, -0.2) is 9.80 Å². The van der Waals surface area contributed by atoms with Crippen LogP contribution < -0.4 is 20.8 Å². The molecule has 254 valence electrons. The van der Waals surface area contributed by atoms with Crippen LogP contribution in [0.25, 0.3) is 0 Å². The Bertz CT molecular complexity index is 1400. The lowest BCUT2D eigenvalue weighted by Gasteiger charge is -2.42. The number of aliphatic hydroxyl groups is 1. The highest BCUT2D eigenvalue weighted by Crippen LogP contribution is 2.49. The molecule has 3 aliphatic rings. The Labute approximate surface area is 274 Å². The maximum absolute atomic E-state index is 13.9. The van der Waals surface area contributed by atoms with E-state index in [0.29, 0.717) is 17.9 Å². The summed E-state index contributed by atoms with van der Waals surface area (Å²) in [6.07, 6.45) is 1.30.